The molecule has 0 spiro atoms. The summed E-state index contributed by atoms with van der Waals surface area (Å²) in [5, 5.41) is 0. The molecule has 2 amide bonds. The summed E-state index contributed by atoms with van der Waals surface area (Å²) in [7, 11) is 1.52. The lowest BCUT2D eigenvalue weighted by atomic mass is 10.1. The van der Waals surface area contributed by atoms with Gasteiger partial charge in [-0.25, -0.2) is 0 Å². The number of rotatable bonds is 5. The Morgan fingerprint density at radius 1 is 1.04 bits per heavy atom. The SMILES string of the molecule is CN(CC(=O)NNC(=O)c1ccccc1Br)Cc1ccccc1C(F)(F)F. The molecular formula is C18H17BrF3N3O2. The highest BCUT2D eigenvalue weighted by Crippen LogP contribution is 2.32. The second-order valence-electron chi connectivity index (χ2n) is 5.81. The number of likely N-dealkylation sites (N-methyl/N-ethyl adjacent to an activating group) is 1. The summed E-state index contributed by atoms with van der Waals surface area (Å²) in [6.07, 6.45) is -4.46. The summed E-state index contributed by atoms with van der Waals surface area (Å²) in [6, 6.07) is 11.9. The van der Waals surface area contributed by atoms with Gasteiger partial charge in [-0.15, -0.1) is 0 Å². The normalized spacial score (nSPS) is 11.3. The predicted molar refractivity (Wildman–Crippen MR) is 97.5 cm³/mol. The van der Waals surface area contributed by atoms with Crippen molar-refractivity contribution in [1.29, 1.82) is 0 Å². The van der Waals surface area contributed by atoms with Crippen molar-refractivity contribution in [3.05, 3.63) is 69.7 Å². The Kier molecular flexibility index (Phi) is 6.98. The number of carbonyl (C=O) groups is 2. The average molecular weight is 444 g/mol. The smallest absolute Gasteiger partial charge is 0.293 e. The molecule has 9 heteroatoms. The molecule has 2 aromatic carbocycles. The number of amides is 2. The maximum atomic E-state index is 13.0. The number of carbonyl (C=O) groups excluding carboxylic acids is 2. The first-order valence-corrected chi connectivity index (χ1v) is 8.65. The molecule has 0 unspecified atom stereocenters. The van der Waals surface area contributed by atoms with Gasteiger partial charge in [0.1, 0.15) is 0 Å². The Labute approximate surface area is 162 Å². The Balaban J connectivity index is 1.90. The average Bonchev–Trinajstić information content (AvgIpc) is 2.59. The Bertz CT molecular complexity index is 827. The van der Waals surface area contributed by atoms with Gasteiger partial charge in [0.05, 0.1) is 17.7 Å². The van der Waals surface area contributed by atoms with E-state index in [1.165, 1.54) is 30.1 Å². The number of hydrogen-bond donors (Lipinski definition) is 2. The molecule has 0 radical (unpaired) electrons. The maximum Gasteiger partial charge on any atom is 0.416 e. The minimum atomic E-state index is -4.46. The zero-order valence-electron chi connectivity index (χ0n) is 14.3. The first-order valence-electron chi connectivity index (χ1n) is 7.86. The highest BCUT2D eigenvalue weighted by atomic mass is 79.9. The molecule has 2 N–H and O–H groups in total. The van der Waals surface area contributed by atoms with Gasteiger partial charge in [0, 0.05) is 11.0 Å². The number of benzene rings is 2. The van der Waals surface area contributed by atoms with E-state index in [-0.39, 0.29) is 18.7 Å². The lowest BCUT2D eigenvalue weighted by Crippen LogP contribution is -2.45. The van der Waals surface area contributed by atoms with Crippen LogP contribution >= 0.6 is 15.9 Å². The first kappa shape index (κ1) is 20.9. The maximum absolute atomic E-state index is 13.0. The van der Waals surface area contributed by atoms with Gasteiger partial charge in [-0.05, 0) is 46.7 Å². The first-order chi connectivity index (χ1) is 12.7. The van der Waals surface area contributed by atoms with Crippen LogP contribution in [0, 0.1) is 0 Å². The highest BCUT2D eigenvalue weighted by Gasteiger charge is 2.33. The molecule has 2 rings (SSSR count). The van der Waals surface area contributed by atoms with Gasteiger partial charge in [0.25, 0.3) is 11.8 Å². The minimum Gasteiger partial charge on any atom is -0.293 e. The summed E-state index contributed by atoms with van der Waals surface area (Å²) in [5.41, 5.74) is 4.18. The van der Waals surface area contributed by atoms with Gasteiger partial charge in [0.15, 0.2) is 0 Å². The van der Waals surface area contributed by atoms with Crippen LogP contribution in [-0.2, 0) is 17.5 Å². The zero-order chi connectivity index (χ0) is 20.0. The molecule has 27 heavy (non-hydrogen) atoms. The van der Waals surface area contributed by atoms with Crippen molar-refractivity contribution in [3.63, 3.8) is 0 Å². The summed E-state index contributed by atoms with van der Waals surface area (Å²) in [6.45, 7) is -0.260. The van der Waals surface area contributed by atoms with E-state index in [9.17, 15) is 22.8 Å². The number of hydrogen-bond acceptors (Lipinski definition) is 3. The van der Waals surface area contributed by atoms with Crippen molar-refractivity contribution in [2.75, 3.05) is 13.6 Å². The van der Waals surface area contributed by atoms with Gasteiger partial charge in [-0.3, -0.25) is 25.3 Å². The summed E-state index contributed by atoms with van der Waals surface area (Å²) >= 11 is 3.23. The highest BCUT2D eigenvalue weighted by molar-refractivity contribution is 9.10. The van der Waals surface area contributed by atoms with Gasteiger partial charge >= 0.3 is 6.18 Å². The summed E-state index contributed by atoms with van der Waals surface area (Å²) in [5.74, 6) is -1.07. The van der Waals surface area contributed by atoms with Crippen LogP contribution < -0.4 is 10.9 Å². The van der Waals surface area contributed by atoms with E-state index in [0.717, 1.165) is 6.07 Å². The molecule has 2 aromatic rings. The Morgan fingerprint density at radius 3 is 2.33 bits per heavy atom. The topological polar surface area (TPSA) is 61.4 Å². The molecule has 0 atom stereocenters. The Hall–Kier alpha value is -2.39. The van der Waals surface area contributed by atoms with Crippen molar-refractivity contribution in [2.24, 2.45) is 0 Å². The molecule has 5 nitrogen and oxygen atoms in total. The van der Waals surface area contributed by atoms with Crippen LogP contribution in [0.1, 0.15) is 21.5 Å². The quantitative estimate of drug-likeness (QED) is 0.696. The molecule has 0 heterocycles. The van der Waals surface area contributed by atoms with Crippen LogP contribution in [0.5, 0.6) is 0 Å². The molecule has 0 fully saturated rings. The van der Waals surface area contributed by atoms with Crippen molar-refractivity contribution in [1.82, 2.24) is 15.8 Å². The number of alkyl halides is 3. The zero-order valence-corrected chi connectivity index (χ0v) is 15.9. The molecule has 0 aliphatic carbocycles. The second kappa shape index (κ2) is 9.01. The summed E-state index contributed by atoms with van der Waals surface area (Å²) < 4.78 is 39.6. The van der Waals surface area contributed by atoms with Crippen molar-refractivity contribution in [2.45, 2.75) is 12.7 Å². The van der Waals surface area contributed by atoms with Crippen molar-refractivity contribution < 1.29 is 22.8 Å². The van der Waals surface area contributed by atoms with E-state index >= 15 is 0 Å². The molecule has 144 valence electrons. The molecule has 0 aliphatic rings. The fourth-order valence-corrected chi connectivity index (χ4v) is 2.87. The second-order valence-corrected chi connectivity index (χ2v) is 6.66. The third kappa shape index (κ3) is 6.07. The fourth-order valence-electron chi connectivity index (χ4n) is 2.41. The lowest BCUT2D eigenvalue weighted by molar-refractivity contribution is -0.138. The van der Waals surface area contributed by atoms with Crippen LogP contribution in [-0.4, -0.2) is 30.3 Å². The third-order valence-corrected chi connectivity index (χ3v) is 4.30. The van der Waals surface area contributed by atoms with Crippen molar-refractivity contribution >= 4 is 27.7 Å². The third-order valence-electron chi connectivity index (χ3n) is 3.61. The van der Waals surface area contributed by atoms with Crippen molar-refractivity contribution in [3.8, 4) is 0 Å². The Morgan fingerprint density at radius 2 is 1.67 bits per heavy atom. The van der Waals surface area contributed by atoms with Crippen LogP contribution in [0.3, 0.4) is 0 Å². The largest absolute Gasteiger partial charge is 0.416 e. The lowest BCUT2D eigenvalue weighted by Gasteiger charge is -2.19. The summed E-state index contributed by atoms with van der Waals surface area (Å²) in [4.78, 5) is 25.4. The van der Waals surface area contributed by atoms with Gasteiger partial charge in [-0.2, -0.15) is 13.2 Å². The van der Waals surface area contributed by atoms with E-state index in [2.05, 4.69) is 26.8 Å². The van der Waals surface area contributed by atoms with E-state index in [4.69, 9.17) is 0 Å². The minimum absolute atomic E-state index is 0.0672. The van der Waals surface area contributed by atoms with Crippen LogP contribution in [0.4, 0.5) is 13.2 Å². The van der Waals surface area contributed by atoms with Crippen LogP contribution in [0.15, 0.2) is 53.0 Å². The number of nitrogens with zero attached hydrogens (tertiary/aromatic N) is 1. The van der Waals surface area contributed by atoms with Gasteiger partial charge < -0.3 is 0 Å². The van der Waals surface area contributed by atoms with E-state index in [1.54, 1.807) is 24.3 Å². The predicted octanol–water partition coefficient (Wildman–Crippen LogP) is 3.36. The molecule has 0 saturated carbocycles. The number of hydrazine groups is 1. The standard InChI is InChI=1S/C18H17BrF3N3O2/c1-25(10-12-6-2-4-8-14(12)18(20,21)22)11-16(26)23-24-17(27)13-7-3-5-9-15(13)19/h2-9H,10-11H2,1H3,(H,23,26)(H,24,27). The molecule has 0 aromatic heterocycles. The van der Waals surface area contributed by atoms with Crippen LogP contribution in [0.25, 0.3) is 0 Å². The van der Waals surface area contributed by atoms with Gasteiger partial charge in [-0.1, -0.05) is 30.3 Å². The van der Waals surface area contributed by atoms with Gasteiger partial charge in [0.2, 0.25) is 0 Å². The fraction of sp³-hybridized carbons (Fsp3) is 0.222. The molecule has 0 saturated heterocycles. The van der Waals surface area contributed by atoms with E-state index in [0.29, 0.717) is 10.0 Å². The van der Waals surface area contributed by atoms with Crippen LogP contribution in [0.2, 0.25) is 0 Å². The van der Waals surface area contributed by atoms with E-state index < -0.39 is 23.6 Å². The molecule has 0 aliphatic heterocycles. The monoisotopic (exact) mass is 443 g/mol. The number of halogens is 4. The molecule has 0 bridgehead atoms. The molecular weight excluding hydrogens is 427 g/mol. The number of nitrogens with one attached hydrogen (secondary N) is 2. The van der Waals surface area contributed by atoms with E-state index in [1.807, 2.05) is 0 Å².